The fourth-order valence-corrected chi connectivity index (χ4v) is 3.36. The van der Waals surface area contributed by atoms with Crippen LogP contribution in [0.15, 0.2) is 24.3 Å². The number of nitrogens with zero attached hydrogens (tertiary/aromatic N) is 1. The summed E-state index contributed by atoms with van der Waals surface area (Å²) in [7, 11) is 1.39. The summed E-state index contributed by atoms with van der Waals surface area (Å²) in [6, 6.07) is 8.39. The normalized spacial score (nSPS) is 16.9. The molecule has 1 atom stereocenters. The number of methoxy groups -OCH3 is 1. The van der Waals surface area contributed by atoms with Gasteiger partial charge in [0, 0.05) is 10.8 Å². The molecule has 0 radical (unpaired) electrons. The molecule has 92 valence electrons. The van der Waals surface area contributed by atoms with E-state index in [0.29, 0.717) is 11.6 Å². The van der Waals surface area contributed by atoms with Gasteiger partial charge in [0.05, 0.1) is 7.11 Å². The quantitative estimate of drug-likeness (QED) is 0.778. The van der Waals surface area contributed by atoms with Gasteiger partial charge in [0.1, 0.15) is 5.01 Å². The summed E-state index contributed by atoms with van der Waals surface area (Å²) in [6.45, 7) is 1.91. The molecule has 18 heavy (non-hydrogen) atoms. The van der Waals surface area contributed by atoms with Crippen LogP contribution in [0.5, 0.6) is 0 Å². The van der Waals surface area contributed by atoms with Gasteiger partial charge in [0.15, 0.2) is 5.69 Å². The summed E-state index contributed by atoms with van der Waals surface area (Å²) in [5.74, 6) is 0.00548. The molecule has 1 aromatic carbocycles. The molecular weight excluding hydrogens is 246 g/mol. The van der Waals surface area contributed by atoms with Gasteiger partial charge >= 0.3 is 5.97 Å². The van der Waals surface area contributed by atoms with Gasteiger partial charge in [-0.25, -0.2) is 9.78 Å². The first-order valence-corrected chi connectivity index (χ1v) is 6.65. The Morgan fingerprint density at radius 1 is 1.44 bits per heavy atom. The summed E-state index contributed by atoms with van der Waals surface area (Å²) in [4.78, 5) is 16.9. The van der Waals surface area contributed by atoms with Crippen LogP contribution in [0.4, 0.5) is 0 Å². The number of benzene rings is 1. The lowest BCUT2D eigenvalue weighted by Crippen LogP contribution is -2.18. The van der Waals surface area contributed by atoms with Gasteiger partial charge in [0.25, 0.3) is 0 Å². The molecule has 0 spiro atoms. The van der Waals surface area contributed by atoms with Crippen LogP contribution in [0, 0.1) is 6.92 Å². The summed E-state index contributed by atoms with van der Waals surface area (Å²) in [6.07, 6.45) is 1.02. The Hall–Kier alpha value is -1.68. The highest BCUT2D eigenvalue weighted by Crippen LogP contribution is 2.41. The maximum Gasteiger partial charge on any atom is 0.357 e. The van der Waals surface area contributed by atoms with Crippen LogP contribution in [0.1, 0.15) is 37.4 Å². The molecule has 0 fully saturated rings. The molecule has 0 saturated carbocycles. The fraction of sp³-hybridized carbons (Fsp3) is 0.286. The van der Waals surface area contributed by atoms with E-state index in [-0.39, 0.29) is 5.97 Å². The van der Waals surface area contributed by atoms with Crippen LogP contribution < -0.4 is 0 Å². The molecule has 1 aliphatic rings. The molecule has 3 rings (SSSR count). The highest BCUT2D eigenvalue weighted by Gasteiger charge is 2.31. The molecule has 0 saturated heterocycles. The number of aromatic nitrogens is 1. The van der Waals surface area contributed by atoms with Crippen LogP contribution in [0.25, 0.3) is 0 Å². The average molecular weight is 259 g/mol. The van der Waals surface area contributed by atoms with E-state index < -0.39 is 0 Å². The van der Waals surface area contributed by atoms with E-state index >= 15 is 0 Å². The number of carbonyl (C=O) groups excluding carboxylic acids is 1. The van der Waals surface area contributed by atoms with Crippen LogP contribution in [-0.4, -0.2) is 18.1 Å². The molecule has 0 N–H and O–H groups in total. The zero-order valence-corrected chi connectivity index (χ0v) is 11.1. The fourth-order valence-electron chi connectivity index (χ4n) is 2.33. The molecular formula is C14H13NO2S. The number of fused-ring (bicyclic) bond motifs is 1. The second kappa shape index (κ2) is 4.21. The topological polar surface area (TPSA) is 39.2 Å². The number of carbonyl (C=O) groups is 1. The first-order valence-electron chi connectivity index (χ1n) is 5.84. The van der Waals surface area contributed by atoms with E-state index in [0.717, 1.165) is 16.3 Å². The maximum atomic E-state index is 11.5. The molecule has 1 aromatic heterocycles. The van der Waals surface area contributed by atoms with E-state index in [1.165, 1.54) is 18.2 Å². The molecule has 0 amide bonds. The Bertz CT molecular complexity index is 618. The molecule has 1 unspecified atom stereocenters. The number of thiazole rings is 1. The Labute approximate surface area is 109 Å². The van der Waals surface area contributed by atoms with Gasteiger partial charge in [-0.2, -0.15) is 0 Å². The van der Waals surface area contributed by atoms with Gasteiger partial charge < -0.3 is 4.74 Å². The number of hydrogen-bond acceptors (Lipinski definition) is 4. The molecule has 4 heteroatoms. The third kappa shape index (κ3) is 1.64. The maximum absolute atomic E-state index is 11.5. The Balaban J connectivity index is 1.94. The van der Waals surface area contributed by atoms with E-state index in [4.69, 9.17) is 4.74 Å². The smallest absolute Gasteiger partial charge is 0.357 e. The summed E-state index contributed by atoms with van der Waals surface area (Å²) >= 11 is 1.59. The van der Waals surface area contributed by atoms with Crippen molar-refractivity contribution >= 4 is 17.3 Å². The minimum absolute atomic E-state index is 0.345. The van der Waals surface area contributed by atoms with E-state index in [2.05, 4.69) is 23.2 Å². The number of aryl methyl sites for hydroxylation is 1. The minimum Gasteiger partial charge on any atom is -0.464 e. The molecule has 0 bridgehead atoms. The molecule has 3 nitrogen and oxygen atoms in total. The average Bonchev–Trinajstić information content (AvgIpc) is 2.72. The van der Waals surface area contributed by atoms with Crippen molar-refractivity contribution in [3.63, 3.8) is 0 Å². The van der Waals surface area contributed by atoms with Gasteiger partial charge in [-0.3, -0.25) is 0 Å². The highest BCUT2D eigenvalue weighted by molar-refractivity contribution is 7.12. The third-order valence-electron chi connectivity index (χ3n) is 3.34. The predicted molar refractivity (Wildman–Crippen MR) is 70.2 cm³/mol. The lowest BCUT2D eigenvalue weighted by molar-refractivity contribution is 0.0594. The van der Waals surface area contributed by atoms with Gasteiger partial charge in [-0.15, -0.1) is 11.3 Å². The number of ether oxygens (including phenoxy) is 1. The lowest BCUT2D eigenvalue weighted by atomic mass is 9.78. The summed E-state index contributed by atoms with van der Waals surface area (Å²) in [5, 5.41) is 1.02. The Morgan fingerprint density at radius 3 is 2.94 bits per heavy atom. The second-order valence-corrected chi connectivity index (χ2v) is 5.64. The lowest BCUT2D eigenvalue weighted by Gasteiger charge is -2.28. The molecule has 1 aliphatic carbocycles. The van der Waals surface area contributed by atoms with Crippen molar-refractivity contribution < 1.29 is 9.53 Å². The van der Waals surface area contributed by atoms with Crippen molar-refractivity contribution in [3.05, 3.63) is 51.0 Å². The first kappa shape index (κ1) is 11.4. The van der Waals surface area contributed by atoms with Crippen molar-refractivity contribution in [3.8, 4) is 0 Å². The van der Waals surface area contributed by atoms with Crippen LogP contribution in [0.2, 0.25) is 0 Å². The highest BCUT2D eigenvalue weighted by atomic mass is 32.1. The predicted octanol–water partition coefficient (Wildman–Crippen LogP) is 2.93. The standard InChI is InChI=1S/C14H13NO2S/c1-8-12(14(16)17-2)15-13(18-8)11-7-9-5-3-4-6-10(9)11/h3-6,11H,7H2,1-2H3. The van der Waals surface area contributed by atoms with Gasteiger partial charge in [-0.1, -0.05) is 24.3 Å². The van der Waals surface area contributed by atoms with Gasteiger partial charge in [-0.05, 0) is 24.5 Å². The monoisotopic (exact) mass is 259 g/mol. The second-order valence-electron chi connectivity index (χ2n) is 4.40. The van der Waals surface area contributed by atoms with E-state index in [1.54, 1.807) is 11.3 Å². The molecule has 2 aromatic rings. The van der Waals surface area contributed by atoms with Crippen molar-refractivity contribution in [1.82, 2.24) is 4.98 Å². The largest absolute Gasteiger partial charge is 0.464 e. The third-order valence-corrected chi connectivity index (χ3v) is 4.43. The zero-order valence-electron chi connectivity index (χ0n) is 10.3. The molecule has 0 aliphatic heterocycles. The Morgan fingerprint density at radius 2 is 2.22 bits per heavy atom. The number of rotatable bonds is 2. The van der Waals surface area contributed by atoms with Crippen molar-refractivity contribution in [1.29, 1.82) is 0 Å². The van der Waals surface area contributed by atoms with E-state index in [1.807, 2.05) is 13.0 Å². The number of hydrogen-bond donors (Lipinski definition) is 0. The van der Waals surface area contributed by atoms with Crippen LogP contribution >= 0.6 is 11.3 Å². The summed E-state index contributed by atoms with van der Waals surface area (Å²) < 4.78 is 4.74. The molecule has 1 heterocycles. The SMILES string of the molecule is COC(=O)c1nc(C2Cc3ccccc32)sc1C. The zero-order chi connectivity index (χ0) is 12.7. The van der Waals surface area contributed by atoms with Crippen molar-refractivity contribution in [2.45, 2.75) is 19.3 Å². The minimum atomic E-state index is -0.345. The van der Waals surface area contributed by atoms with Crippen molar-refractivity contribution in [2.24, 2.45) is 0 Å². The Kier molecular flexibility index (Phi) is 2.67. The van der Waals surface area contributed by atoms with Crippen LogP contribution in [0.3, 0.4) is 0 Å². The number of esters is 1. The van der Waals surface area contributed by atoms with Gasteiger partial charge in [0.2, 0.25) is 0 Å². The summed E-state index contributed by atoms with van der Waals surface area (Å²) in [5.41, 5.74) is 3.18. The van der Waals surface area contributed by atoms with E-state index in [9.17, 15) is 4.79 Å². The van der Waals surface area contributed by atoms with Crippen LogP contribution in [-0.2, 0) is 11.2 Å². The first-order chi connectivity index (χ1) is 8.70. The van der Waals surface area contributed by atoms with Crippen molar-refractivity contribution in [2.75, 3.05) is 7.11 Å².